The maximum atomic E-state index is 10.8. The van der Waals surface area contributed by atoms with Crippen LogP contribution in [-0.2, 0) is 9.53 Å². The van der Waals surface area contributed by atoms with Crippen molar-refractivity contribution in [2.24, 2.45) is 0 Å². The Morgan fingerprint density at radius 3 is 2.79 bits per heavy atom. The molecule has 5 heteroatoms. The van der Waals surface area contributed by atoms with Gasteiger partial charge in [-0.15, -0.1) is 34.8 Å². The molecule has 0 amide bonds. The smallest absolute Gasteiger partial charge is 0.303 e. The summed E-state index contributed by atoms with van der Waals surface area (Å²) in [5, 5.41) is -0.363. The van der Waals surface area contributed by atoms with Gasteiger partial charge in [-0.05, 0) is 12.5 Å². The Kier molecular flexibility index (Phi) is 2.30. The molecule has 0 heterocycles. The van der Waals surface area contributed by atoms with Crippen molar-refractivity contribution in [3.05, 3.63) is 12.2 Å². The summed E-state index contributed by atoms with van der Waals surface area (Å²) in [5.41, 5.74) is 0. The SMILES string of the molecule is CC(=O)O[C@H]1C=CC[C@]2(Cl)[C@@H](Cl)[C@]12Cl. The van der Waals surface area contributed by atoms with Crippen LogP contribution in [0.25, 0.3) is 0 Å². The molecule has 78 valence electrons. The molecule has 1 saturated carbocycles. The van der Waals surface area contributed by atoms with E-state index in [9.17, 15) is 4.79 Å². The van der Waals surface area contributed by atoms with Gasteiger partial charge in [0.1, 0.15) is 11.0 Å². The third-order valence-electron chi connectivity index (χ3n) is 2.76. The van der Waals surface area contributed by atoms with Gasteiger partial charge in [0.2, 0.25) is 0 Å². The van der Waals surface area contributed by atoms with Gasteiger partial charge in [-0.25, -0.2) is 0 Å². The van der Waals surface area contributed by atoms with Gasteiger partial charge in [0.25, 0.3) is 0 Å². The zero-order valence-corrected chi connectivity index (χ0v) is 9.73. The van der Waals surface area contributed by atoms with Crippen molar-refractivity contribution in [2.45, 2.75) is 34.6 Å². The average Bonchev–Trinajstić information content (AvgIpc) is 2.53. The van der Waals surface area contributed by atoms with Gasteiger partial charge in [0.15, 0.2) is 0 Å². The lowest BCUT2D eigenvalue weighted by molar-refractivity contribution is -0.144. The Morgan fingerprint density at radius 1 is 1.57 bits per heavy atom. The van der Waals surface area contributed by atoms with E-state index in [4.69, 9.17) is 39.5 Å². The lowest BCUT2D eigenvalue weighted by Crippen LogP contribution is -2.35. The zero-order chi connectivity index (χ0) is 10.6. The number of fused-ring (bicyclic) bond motifs is 1. The third kappa shape index (κ3) is 1.14. The van der Waals surface area contributed by atoms with Gasteiger partial charge in [-0.2, -0.15) is 0 Å². The summed E-state index contributed by atoms with van der Waals surface area (Å²) in [5.74, 6) is -0.378. The quantitative estimate of drug-likeness (QED) is 0.409. The van der Waals surface area contributed by atoms with Crippen molar-refractivity contribution in [1.82, 2.24) is 0 Å². The van der Waals surface area contributed by atoms with E-state index in [0.717, 1.165) is 0 Å². The first-order valence-electron chi connectivity index (χ1n) is 4.28. The van der Waals surface area contributed by atoms with E-state index >= 15 is 0 Å². The summed E-state index contributed by atoms with van der Waals surface area (Å²) < 4.78 is 5.06. The molecule has 2 rings (SSSR count). The molecule has 2 aliphatic carbocycles. The molecule has 0 radical (unpaired) electrons. The topological polar surface area (TPSA) is 26.3 Å². The van der Waals surface area contributed by atoms with Crippen LogP contribution < -0.4 is 0 Å². The van der Waals surface area contributed by atoms with E-state index in [1.54, 1.807) is 6.08 Å². The second-order valence-corrected chi connectivity index (χ2v) is 5.39. The number of carbonyl (C=O) groups is 1. The predicted octanol–water partition coefficient (Wildman–Crippen LogP) is 2.45. The maximum Gasteiger partial charge on any atom is 0.303 e. The molecule has 0 N–H and O–H groups in total. The molecular weight excluding hydrogens is 246 g/mol. The van der Waals surface area contributed by atoms with Crippen molar-refractivity contribution < 1.29 is 9.53 Å². The molecule has 0 saturated heterocycles. The molecule has 1 fully saturated rings. The number of hydrogen-bond acceptors (Lipinski definition) is 2. The Bertz CT molecular complexity index is 317. The van der Waals surface area contributed by atoms with Gasteiger partial charge in [0.05, 0.1) is 10.3 Å². The molecule has 0 aliphatic heterocycles. The fourth-order valence-corrected chi connectivity index (χ4v) is 3.44. The molecule has 0 aromatic rings. The summed E-state index contributed by atoms with van der Waals surface area (Å²) in [6, 6.07) is 0. The molecule has 2 nitrogen and oxygen atoms in total. The van der Waals surface area contributed by atoms with Crippen LogP contribution in [0.5, 0.6) is 0 Å². The van der Waals surface area contributed by atoms with Gasteiger partial charge >= 0.3 is 5.97 Å². The summed E-state index contributed by atoms with van der Waals surface area (Å²) in [6.45, 7) is 1.34. The summed E-state index contributed by atoms with van der Waals surface area (Å²) in [4.78, 5) is 9.33. The van der Waals surface area contributed by atoms with Gasteiger partial charge in [0, 0.05) is 6.92 Å². The first kappa shape index (κ1) is 10.6. The molecule has 14 heavy (non-hydrogen) atoms. The normalized spacial score (nSPS) is 49.7. The first-order valence-corrected chi connectivity index (χ1v) is 5.48. The highest BCUT2D eigenvalue weighted by molar-refractivity contribution is 6.50. The van der Waals surface area contributed by atoms with Crippen LogP contribution in [0.15, 0.2) is 12.2 Å². The van der Waals surface area contributed by atoms with E-state index in [-0.39, 0.29) is 11.3 Å². The molecule has 0 bridgehead atoms. The first-order chi connectivity index (χ1) is 6.43. The summed E-state index contributed by atoms with van der Waals surface area (Å²) in [6.07, 6.45) is 3.70. The molecule has 0 aromatic carbocycles. The van der Waals surface area contributed by atoms with Crippen LogP contribution >= 0.6 is 34.8 Å². The molecule has 4 atom stereocenters. The maximum absolute atomic E-state index is 10.8. The lowest BCUT2D eigenvalue weighted by Gasteiger charge is -2.24. The van der Waals surface area contributed by atoms with Gasteiger partial charge < -0.3 is 4.74 Å². The number of ether oxygens (including phenoxy) is 1. The third-order valence-corrected chi connectivity index (χ3v) is 5.25. The lowest BCUT2D eigenvalue weighted by atomic mass is 10.0. The fraction of sp³-hybridized carbons (Fsp3) is 0.667. The number of halogens is 3. The Labute approximate surface area is 97.1 Å². The van der Waals surface area contributed by atoms with Crippen LogP contribution in [0.4, 0.5) is 0 Å². The highest BCUT2D eigenvalue weighted by Gasteiger charge is 2.79. The predicted molar refractivity (Wildman–Crippen MR) is 56.1 cm³/mol. The Hall–Kier alpha value is 0.0800. The number of carbonyl (C=O) groups excluding carboxylic acids is 1. The van der Waals surface area contributed by atoms with Crippen molar-refractivity contribution in [2.75, 3.05) is 0 Å². The van der Waals surface area contributed by atoms with Crippen LogP contribution in [0.2, 0.25) is 0 Å². The van der Waals surface area contributed by atoms with Crippen LogP contribution in [0.3, 0.4) is 0 Å². The number of hydrogen-bond donors (Lipinski definition) is 0. The minimum absolute atomic E-state index is 0.363. The molecule has 0 unspecified atom stereocenters. The van der Waals surface area contributed by atoms with E-state index in [1.807, 2.05) is 6.08 Å². The van der Waals surface area contributed by atoms with Crippen molar-refractivity contribution >= 4 is 40.8 Å². The second-order valence-electron chi connectivity index (χ2n) is 3.66. The highest BCUT2D eigenvalue weighted by atomic mass is 35.5. The van der Waals surface area contributed by atoms with Gasteiger partial charge in [-0.1, -0.05) is 6.08 Å². The Morgan fingerprint density at radius 2 is 2.21 bits per heavy atom. The number of rotatable bonds is 1. The van der Waals surface area contributed by atoms with Crippen molar-refractivity contribution in [3.8, 4) is 0 Å². The Balaban J connectivity index is 2.23. The number of allylic oxidation sites excluding steroid dienone is 1. The molecule has 0 aromatic heterocycles. The molecule has 0 spiro atoms. The van der Waals surface area contributed by atoms with Crippen molar-refractivity contribution in [1.29, 1.82) is 0 Å². The van der Waals surface area contributed by atoms with Crippen LogP contribution in [0, 0.1) is 0 Å². The summed E-state index contributed by atoms with van der Waals surface area (Å²) >= 11 is 18.5. The fourth-order valence-electron chi connectivity index (χ4n) is 1.89. The van der Waals surface area contributed by atoms with Gasteiger partial charge in [-0.3, -0.25) is 4.79 Å². The summed E-state index contributed by atoms with van der Waals surface area (Å²) in [7, 11) is 0. The van der Waals surface area contributed by atoms with Crippen molar-refractivity contribution in [3.63, 3.8) is 0 Å². The van der Waals surface area contributed by atoms with Crippen LogP contribution in [-0.4, -0.2) is 27.2 Å². The van der Waals surface area contributed by atoms with E-state index < -0.39 is 15.9 Å². The monoisotopic (exact) mass is 254 g/mol. The highest BCUT2D eigenvalue weighted by Crippen LogP contribution is 2.67. The zero-order valence-electron chi connectivity index (χ0n) is 7.47. The molecular formula is C9H9Cl3O2. The largest absolute Gasteiger partial charge is 0.456 e. The van der Waals surface area contributed by atoms with E-state index in [2.05, 4.69) is 0 Å². The van der Waals surface area contributed by atoms with Crippen LogP contribution in [0.1, 0.15) is 13.3 Å². The van der Waals surface area contributed by atoms with E-state index in [0.29, 0.717) is 6.42 Å². The minimum Gasteiger partial charge on any atom is -0.456 e. The second kappa shape index (κ2) is 3.03. The van der Waals surface area contributed by atoms with E-state index in [1.165, 1.54) is 6.92 Å². The number of alkyl halides is 3. The minimum atomic E-state index is -0.837. The average molecular weight is 256 g/mol. The number of esters is 1. The standard InChI is InChI=1S/C9H9Cl3O2/c1-5(13)14-6-3-2-4-8(11)7(10)9(6,8)12/h2-3,6-7H,4H2,1H3/t6-,7+,8-,9+/m0/s1. The molecule has 2 aliphatic rings.